The molecule has 2 aromatic rings. The van der Waals surface area contributed by atoms with Crippen LogP contribution in [-0.4, -0.2) is 20.6 Å². The minimum Gasteiger partial charge on any atom is -0.345 e. The van der Waals surface area contributed by atoms with Crippen molar-refractivity contribution >= 4 is 33.2 Å². The van der Waals surface area contributed by atoms with Gasteiger partial charge in [-0.05, 0) is 61.1 Å². The first-order chi connectivity index (χ1) is 12.2. The number of benzene rings is 2. The summed E-state index contributed by atoms with van der Waals surface area (Å²) in [5.41, 5.74) is 2.60. The summed E-state index contributed by atoms with van der Waals surface area (Å²) < 4.78 is 25.4. The second-order valence-electron chi connectivity index (χ2n) is 6.74. The van der Waals surface area contributed by atoms with Crippen LogP contribution in [0.1, 0.15) is 40.4 Å². The van der Waals surface area contributed by atoms with Gasteiger partial charge in [-0.25, -0.2) is 8.42 Å². The third kappa shape index (κ3) is 4.77. The molecule has 2 N–H and O–H groups in total. The highest BCUT2D eigenvalue weighted by atomic mass is 35.5. The van der Waals surface area contributed by atoms with Crippen LogP contribution in [0.4, 0.5) is 5.69 Å². The van der Waals surface area contributed by atoms with E-state index < -0.39 is 10.0 Å². The Bertz CT molecular complexity index is 922. The van der Waals surface area contributed by atoms with Gasteiger partial charge in [0.15, 0.2) is 0 Å². The number of rotatable bonds is 6. The summed E-state index contributed by atoms with van der Waals surface area (Å²) in [6, 6.07) is 12.4. The fourth-order valence-electron chi connectivity index (χ4n) is 2.87. The van der Waals surface area contributed by atoms with Gasteiger partial charge in [-0.15, -0.1) is 0 Å². The molecule has 5 nitrogen and oxygen atoms in total. The second-order valence-corrected chi connectivity index (χ2v) is 8.93. The monoisotopic (exact) mass is 392 g/mol. The topological polar surface area (TPSA) is 75.3 Å². The largest absolute Gasteiger partial charge is 0.345 e. The van der Waals surface area contributed by atoms with E-state index in [9.17, 15) is 13.2 Å². The van der Waals surface area contributed by atoms with Crippen molar-refractivity contribution in [1.82, 2.24) is 5.32 Å². The number of carbonyl (C=O) groups is 1. The lowest BCUT2D eigenvalue weighted by Crippen LogP contribution is -2.30. The van der Waals surface area contributed by atoms with Crippen molar-refractivity contribution in [2.45, 2.75) is 25.8 Å². The SMILES string of the molecule is Cc1ccc(C(=O)NC(c2ccc(Cl)cc2)C2CC2)cc1NS(C)(=O)=O. The molecule has 1 saturated carbocycles. The number of anilines is 1. The van der Waals surface area contributed by atoms with E-state index in [4.69, 9.17) is 11.6 Å². The van der Waals surface area contributed by atoms with Crippen LogP contribution < -0.4 is 10.0 Å². The molecule has 1 amide bonds. The van der Waals surface area contributed by atoms with Crippen molar-refractivity contribution in [1.29, 1.82) is 0 Å². The molecule has 0 bridgehead atoms. The van der Waals surface area contributed by atoms with Gasteiger partial charge in [0.25, 0.3) is 5.91 Å². The maximum absolute atomic E-state index is 12.7. The Morgan fingerprint density at radius 2 is 1.81 bits per heavy atom. The van der Waals surface area contributed by atoms with Gasteiger partial charge in [0.05, 0.1) is 18.0 Å². The van der Waals surface area contributed by atoms with E-state index >= 15 is 0 Å². The predicted octanol–water partition coefficient (Wildman–Crippen LogP) is 3.90. The van der Waals surface area contributed by atoms with Crippen molar-refractivity contribution in [3.8, 4) is 0 Å². The molecule has 0 aromatic heterocycles. The lowest BCUT2D eigenvalue weighted by Gasteiger charge is -2.19. The van der Waals surface area contributed by atoms with Crippen molar-refractivity contribution in [2.24, 2.45) is 5.92 Å². The first-order valence-corrected chi connectivity index (χ1v) is 10.6. The van der Waals surface area contributed by atoms with Gasteiger partial charge in [-0.1, -0.05) is 29.8 Å². The Kier molecular flexibility index (Phi) is 5.25. The van der Waals surface area contributed by atoms with Gasteiger partial charge < -0.3 is 5.32 Å². The zero-order valence-electron chi connectivity index (χ0n) is 14.6. The summed E-state index contributed by atoms with van der Waals surface area (Å²) in [5, 5.41) is 3.74. The molecule has 1 aliphatic carbocycles. The fraction of sp³-hybridized carbons (Fsp3) is 0.316. The van der Waals surface area contributed by atoms with Crippen LogP contribution in [0.15, 0.2) is 42.5 Å². The van der Waals surface area contributed by atoms with E-state index in [0.717, 1.165) is 30.2 Å². The minimum absolute atomic E-state index is 0.0765. The molecule has 138 valence electrons. The third-order valence-electron chi connectivity index (χ3n) is 4.40. The summed E-state index contributed by atoms with van der Waals surface area (Å²) in [6.07, 6.45) is 3.23. The van der Waals surface area contributed by atoms with Gasteiger partial charge in [0, 0.05) is 10.6 Å². The van der Waals surface area contributed by atoms with E-state index in [1.807, 2.05) is 24.3 Å². The van der Waals surface area contributed by atoms with E-state index in [2.05, 4.69) is 10.0 Å². The molecule has 2 aromatic carbocycles. The van der Waals surface area contributed by atoms with Crippen LogP contribution in [0.5, 0.6) is 0 Å². The molecule has 0 spiro atoms. The van der Waals surface area contributed by atoms with Gasteiger partial charge in [0.2, 0.25) is 10.0 Å². The second kappa shape index (κ2) is 7.29. The summed E-state index contributed by atoms with van der Waals surface area (Å²) in [5.74, 6) is 0.188. The number of nitrogens with one attached hydrogen (secondary N) is 2. The molecule has 7 heteroatoms. The minimum atomic E-state index is -3.41. The Morgan fingerprint density at radius 3 is 2.38 bits per heavy atom. The van der Waals surface area contributed by atoms with Gasteiger partial charge in [-0.3, -0.25) is 9.52 Å². The number of halogens is 1. The molecule has 1 fully saturated rings. The highest BCUT2D eigenvalue weighted by Crippen LogP contribution is 2.41. The maximum atomic E-state index is 12.7. The molecule has 0 saturated heterocycles. The number of hydrogen-bond acceptors (Lipinski definition) is 3. The Hall–Kier alpha value is -2.05. The summed E-state index contributed by atoms with van der Waals surface area (Å²) in [4.78, 5) is 12.7. The van der Waals surface area contributed by atoms with Crippen LogP contribution in [0.2, 0.25) is 5.02 Å². The number of hydrogen-bond donors (Lipinski definition) is 2. The van der Waals surface area contributed by atoms with Gasteiger partial charge in [-0.2, -0.15) is 0 Å². The standard InChI is InChI=1S/C19H21ClN2O3S/c1-12-3-4-15(11-17(12)22-26(2,24)25)19(23)21-18(13-5-6-13)14-7-9-16(20)10-8-14/h3-4,7-11,13,18,22H,5-6H2,1-2H3,(H,21,23). The van der Waals surface area contributed by atoms with E-state index in [0.29, 0.717) is 22.2 Å². The summed E-state index contributed by atoms with van der Waals surface area (Å²) in [6.45, 7) is 1.79. The molecule has 0 aliphatic heterocycles. The van der Waals surface area contributed by atoms with Crippen molar-refractivity contribution < 1.29 is 13.2 Å². The van der Waals surface area contributed by atoms with Crippen LogP contribution in [-0.2, 0) is 10.0 Å². The number of aryl methyl sites for hydroxylation is 1. The molecule has 26 heavy (non-hydrogen) atoms. The zero-order valence-corrected chi connectivity index (χ0v) is 16.2. The van der Waals surface area contributed by atoms with Crippen LogP contribution in [0.3, 0.4) is 0 Å². The molecular weight excluding hydrogens is 372 g/mol. The number of amides is 1. The number of carbonyl (C=O) groups excluding carboxylic acids is 1. The van der Waals surface area contributed by atoms with Crippen LogP contribution in [0.25, 0.3) is 0 Å². The van der Waals surface area contributed by atoms with Gasteiger partial charge in [0.1, 0.15) is 0 Å². The highest BCUT2D eigenvalue weighted by Gasteiger charge is 2.33. The van der Waals surface area contributed by atoms with Crippen molar-refractivity contribution in [3.05, 3.63) is 64.2 Å². The van der Waals surface area contributed by atoms with Crippen LogP contribution >= 0.6 is 11.6 Å². The maximum Gasteiger partial charge on any atom is 0.251 e. The predicted molar refractivity (Wildman–Crippen MR) is 104 cm³/mol. The lowest BCUT2D eigenvalue weighted by molar-refractivity contribution is 0.0931. The summed E-state index contributed by atoms with van der Waals surface area (Å²) in [7, 11) is -3.41. The Labute approximate surface area is 158 Å². The first-order valence-electron chi connectivity index (χ1n) is 8.38. The molecular formula is C19H21ClN2O3S. The molecule has 3 rings (SSSR count). The fourth-order valence-corrected chi connectivity index (χ4v) is 3.62. The van der Waals surface area contributed by atoms with E-state index in [-0.39, 0.29) is 11.9 Å². The number of sulfonamides is 1. The molecule has 1 atom stereocenters. The average Bonchev–Trinajstić information content (AvgIpc) is 3.39. The van der Waals surface area contributed by atoms with Crippen molar-refractivity contribution in [2.75, 3.05) is 11.0 Å². The van der Waals surface area contributed by atoms with E-state index in [1.54, 1.807) is 25.1 Å². The third-order valence-corrected chi connectivity index (χ3v) is 5.25. The molecule has 1 aliphatic rings. The zero-order chi connectivity index (χ0) is 18.9. The smallest absolute Gasteiger partial charge is 0.251 e. The van der Waals surface area contributed by atoms with Gasteiger partial charge >= 0.3 is 0 Å². The Morgan fingerprint density at radius 1 is 1.15 bits per heavy atom. The van der Waals surface area contributed by atoms with E-state index in [1.165, 1.54) is 0 Å². The van der Waals surface area contributed by atoms with Crippen LogP contribution in [0, 0.1) is 12.8 Å². The lowest BCUT2D eigenvalue weighted by atomic mass is 10.0. The van der Waals surface area contributed by atoms with Crippen molar-refractivity contribution in [3.63, 3.8) is 0 Å². The highest BCUT2D eigenvalue weighted by molar-refractivity contribution is 7.92. The average molecular weight is 393 g/mol. The first kappa shape index (κ1) is 18.7. The quantitative estimate of drug-likeness (QED) is 0.782. The molecule has 0 radical (unpaired) electrons. The normalized spacial score (nSPS) is 15.3. The molecule has 1 unspecified atom stereocenters. The molecule has 0 heterocycles. The Balaban J connectivity index is 1.82. The summed E-state index contributed by atoms with van der Waals surface area (Å²) >= 11 is 5.95.